The maximum absolute atomic E-state index is 5.72. The van der Waals surface area contributed by atoms with Crippen LogP contribution >= 0.6 is 0 Å². The van der Waals surface area contributed by atoms with E-state index in [4.69, 9.17) is 10.5 Å². The Bertz CT molecular complexity index is 540. The second-order valence-corrected chi connectivity index (χ2v) is 4.51. The molecule has 0 atom stereocenters. The van der Waals surface area contributed by atoms with Gasteiger partial charge >= 0.3 is 0 Å². The summed E-state index contributed by atoms with van der Waals surface area (Å²) in [5.74, 6) is 1.71. The lowest BCUT2D eigenvalue weighted by Gasteiger charge is -2.24. The highest BCUT2D eigenvalue weighted by Gasteiger charge is 2.12. The highest BCUT2D eigenvalue weighted by Crippen LogP contribution is 2.26. The third-order valence-corrected chi connectivity index (χ3v) is 3.09. The van der Waals surface area contributed by atoms with E-state index in [0.717, 1.165) is 30.3 Å². The minimum atomic E-state index is 0.637. The monoisotopic (exact) mass is 271 g/mol. The largest absolute Gasteiger partial charge is 0.490 e. The Hall–Kier alpha value is -2.23. The molecule has 2 rings (SSSR count). The summed E-state index contributed by atoms with van der Waals surface area (Å²) in [4.78, 5) is 6.65. The quantitative estimate of drug-likeness (QED) is 0.820. The van der Waals surface area contributed by atoms with Crippen molar-refractivity contribution in [3.05, 3.63) is 48.2 Å². The number of nitrogens with two attached hydrogens (primary N) is 1. The highest BCUT2D eigenvalue weighted by atomic mass is 16.5. The van der Waals surface area contributed by atoms with Crippen LogP contribution in [0.2, 0.25) is 0 Å². The molecule has 0 unspecified atom stereocenters. The number of benzene rings is 1. The number of pyridine rings is 1. The minimum Gasteiger partial charge on any atom is -0.490 e. The molecule has 0 amide bonds. The molecule has 0 aliphatic carbocycles. The SMILES string of the molecule is CCOc1cccnc1N(CC)Cc1ccc(N)cc1. The molecular formula is C16H21N3O. The van der Waals surface area contributed by atoms with Crippen molar-refractivity contribution >= 4 is 11.5 Å². The number of hydrogen-bond donors (Lipinski definition) is 1. The summed E-state index contributed by atoms with van der Waals surface area (Å²) >= 11 is 0. The number of anilines is 2. The predicted molar refractivity (Wildman–Crippen MR) is 83.0 cm³/mol. The van der Waals surface area contributed by atoms with Crippen molar-refractivity contribution in [2.75, 3.05) is 23.8 Å². The Kier molecular flexibility index (Phi) is 4.82. The first-order valence-electron chi connectivity index (χ1n) is 6.91. The van der Waals surface area contributed by atoms with Gasteiger partial charge in [-0.1, -0.05) is 12.1 Å². The summed E-state index contributed by atoms with van der Waals surface area (Å²) in [5.41, 5.74) is 7.70. The van der Waals surface area contributed by atoms with E-state index in [1.165, 1.54) is 5.56 Å². The minimum absolute atomic E-state index is 0.637. The Labute approximate surface area is 120 Å². The molecular weight excluding hydrogens is 250 g/mol. The van der Waals surface area contributed by atoms with Crippen molar-refractivity contribution in [3.8, 4) is 5.75 Å². The molecule has 2 aromatic rings. The van der Waals surface area contributed by atoms with Crippen LogP contribution in [-0.2, 0) is 6.54 Å². The molecule has 0 aliphatic heterocycles. The Balaban J connectivity index is 2.21. The molecule has 20 heavy (non-hydrogen) atoms. The summed E-state index contributed by atoms with van der Waals surface area (Å²) in [7, 11) is 0. The lowest BCUT2D eigenvalue weighted by Crippen LogP contribution is -2.23. The topological polar surface area (TPSA) is 51.4 Å². The molecule has 1 aromatic carbocycles. The van der Waals surface area contributed by atoms with Crippen molar-refractivity contribution < 1.29 is 4.74 Å². The Morgan fingerprint density at radius 2 is 1.90 bits per heavy atom. The van der Waals surface area contributed by atoms with E-state index in [0.29, 0.717) is 6.61 Å². The zero-order valence-corrected chi connectivity index (χ0v) is 12.0. The standard InChI is InChI=1S/C16H21N3O/c1-3-19(12-13-7-9-14(17)10-8-13)16-15(20-4-2)6-5-11-18-16/h5-11H,3-4,12,17H2,1-2H3. The molecule has 0 bridgehead atoms. The number of ether oxygens (including phenoxy) is 1. The molecule has 2 N–H and O–H groups in total. The van der Waals surface area contributed by atoms with E-state index in [1.807, 2.05) is 43.3 Å². The van der Waals surface area contributed by atoms with Crippen LogP contribution in [0.15, 0.2) is 42.6 Å². The average Bonchev–Trinajstić information content (AvgIpc) is 2.48. The summed E-state index contributed by atoms with van der Waals surface area (Å²) in [6.07, 6.45) is 1.80. The lowest BCUT2D eigenvalue weighted by molar-refractivity contribution is 0.339. The second-order valence-electron chi connectivity index (χ2n) is 4.51. The number of rotatable bonds is 6. The maximum atomic E-state index is 5.72. The first-order chi connectivity index (χ1) is 9.74. The molecule has 0 aliphatic rings. The Morgan fingerprint density at radius 1 is 1.15 bits per heavy atom. The first kappa shape index (κ1) is 14.2. The molecule has 1 aromatic heterocycles. The summed E-state index contributed by atoms with van der Waals surface area (Å²) in [6.45, 7) is 6.38. The third kappa shape index (κ3) is 3.41. The van der Waals surface area contributed by atoms with Gasteiger partial charge in [-0.05, 0) is 43.7 Å². The number of hydrogen-bond acceptors (Lipinski definition) is 4. The van der Waals surface area contributed by atoms with Crippen LogP contribution in [0.25, 0.3) is 0 Å². The lowest BCUT2D eigenvalue weighted by atomic mass is 10.2. The number of nitrogen functional groups attached to an aromatic ring is 1. The van der Waals surface area contributed by atoms with Gasteiger partial charge in [-0.2, -0.15) is 0 Å². The van der Waals surface area contributed by atoms with E-state index in [2.05, 4.69) is 16.8 Å². The van der Waals surface area contributed by atoms with Gasteiger partial charge < -0.3 is 15.4 Å². The number of nitrogens with zero attached hydrogens (tertiary/aromatic N) is 2. The van der Waals surface area contributed by atoms with Crippen LogP contribution in [0, 0.1) is 0 Å². The van der Waals surface area contributed by atoms with Crippen LogP contribution in [-0.4, -0.2) is 18.1 Å². The van der Waals surface area contributed by atoms with Gasteiger partial charge in [-0.3, -0.25) is 0 Å². The van der Waals surface area contributed by atoms with E-state index in [1.54, 1.807) is 6.20 Å². The van der Waals surface area contributed by atoms with E-state index in [-0.39, 0.29) is 0 Å². The smallest absolute Gasteiger partial charge is 0.171 e. The van der Waals surface area contributed by atoms with Crippen molar-refractivity contribution in [2.24, 2.45) is 0 Å². The molecule has 0 radical (unpaired) electrons. The van der Waals surface area contributed by atoms with Crippen LogP contribution in [0.5, 0.6) is 5.75 Å². The zero-order valence-electron chi connectivity index (χ0n) is 12.0. The fourth-order valence-corrected chi connectivity index (χ4v) is 2.07. The summed E-state index contributed by atoms with van der Waals surface area (Å²) in [6, 6.07) is 11.8. The van der Waals surface area contributed by atoms with E-state index in [9.17, 15) is 0 Å². The van der Waals surface area contributed by atoms with Crippen LogP contribution in [0.1, 0.15) is 19.4 Å². The Morgan fingerprint density at radius 3 is 2.55 bits per heavy atom. The molecule has 0 spiro atoms. The third-order valence-electron chi connectivity index (χ3n) is 3.09. The second kappa shape index (κ2) is 6.80. The van der Waals surface area contributed by atoms with Crippen LogP contribution in [0.3, 0.4) is 0 Å². The fraction of sp³-hybridized carbons (Fsp3) is 0.312. The molecule has 0 saturated carbocycles. The van der Waals surface area contributed by atoms with Crippen LogP contribution < -0.4 is 15.4 Å². The van der Waals surface area contributed by atoms with Gasteiger partial charge in [0.15, 0.2) is 11.6 Å². The van der Waals surface area contributed by atoms with Gasteiger partial charge in [0.25, 0.3) is 0 Å². The van der Waals surface area contributed by atoms with E-state index < -0.39 is 0 Å². The molecule has 4 heteroatoms. The summed E-state index contributed by atoms with van der Waals surface area (Å²) < 4.78 is 5.65. The first-order valence-corrected chi connectivity index (χ1v) is 6.91. The average molecular weight is 271 g/mol. The van der Waals surface area contributed by atoms with Gasteiger partial charge in [-0.25, -0.2) is 4.98 Å². The van der Waals surface area contributed by atoms with Gasteiger partial charge in [0.05, 0.1) is 6.61 Å². The molecule has 106 valence electrons. The molecule has 0 fully saturated rings. The molecule has 0 saturated heterocycles. The normalized spacial score (nSPS) is 10.3. The molecule has 4 nitrogen and oxygen atoms in total. The summed E-state index contributed by atoms with van der Waals surface area (Å²) in [5, 5.41) is 0. The predicted octanol–water partition coefficient (Wildman–Crippen LogP) is 3.09. The fourth-order valence-electron chi connectivity index (χ4n) is 2.07. The highest BCUT2D eigenvalue weighted by molar-refractivity contribution is 5.52. The van der Waals surface area contributed by atoms with Gasteiger partial charge in [0.2, 0.25) is 0 Å². The van der Waals surface area contributed by atoms with E-state index >= 15 is 0 Å². The van der Waals surface area contributed by atoms with Crippen molar-refractivity contribution in [3.63, 3.8) is 0 Å². The van der Waals surface area contributed by atoms with Crippen molar-refractivity contribution in [1.82, 2.24) is 4.98 Å². The van der Waals surface area contributed by atoms with Gasteiger partial charge in [0.1, 0.15) is 0 Å². The number of aromatic nitrogens is 1. The van der Waals surface area contributed by atoms with Crippen molar-refractivity contribution in [2.45, 2.75) is 20.4 Å². The maximum Gasteiger partial charge on any atom is 0.171 e. The zero-order chi connectivity index (χ0) is 14.4. The molecule has 1 heterocycles. The van der Waals surface area contributed by atoms with Crippen LogP contribution in [0.4, 0.5) is 11.5 Å². The van der Waals surface area contributed by atoms with Crippen molar-refractivity contribution in [1.29, 1.82) is 0 Å². The van der Waals surface area contributed by atoms with Gasteiger partial charge in [0, 0.05) is 25.0 Å². The van der Waals surface area contributed by atoms with Gasteiger partial charge in [-0.15, -0.1) is 0 Å².